The quantitative estimate of drug-likeness (QED) is 0.462. The van der Waals surface area contributed by atoms with Crippen molar-refractivity contribution in [2.45, 2.75) is 12.5 Å². The first kappa shape index (κ1) is 6.55. The molecule has 3 heteroatoms. The van der Waals surface area contributed by atoms with Gasteiger partial charge < -0.3 is 9.64 Å². The molecule has 1 fully saturated rings. The van der Waals surface area contributed by atoms with Gasteiger partial charge in [-0.05, 0) is 14.1 Å². The third-order valence-corrected chi connectivity index (χ3v) is 1.57. The molecule has 0 radical (unpaired) electrons. The summed E-state index contributed by atoms with van der Waals surface area (Å²) in [4.78, 5) is 12.5. The SMILES string of the molecule is CN(C)C1COC(=O)C1. The van der Waals surface area contributed by atoms with Crippen molar-refractivity contribution in [3.63, 3.8) is 0 Å². The monoisotopic (exact) mass is 129 g/mol. The van der Waals surface area contributed by atoms with Crippen LogP contribution in [0, 0.1) is 0 Å². The van der Waals surface area contributed by atoms with Crippen LogP contribution in [0.1, 0.15) is 6.42 Å². The Hall–Kier alpha value is -0.570. The third kappa shape index (κ3) is 1.42. The molecule has 0 aromatic carbocycles. The fourth-order valence-corrected chi connectivity index (χ4v) is 0.831. The van der Waals surface area contributed by atoms with Gasteiger partial charge in [0, 0.05) is 0 Å². The van der Waals surface area contributed by atoms with E-state index in [-0.39, 0.29) is 5.97 Å². The van der Waals surface area contributed by atoms with Crippen LogP contribution in [0.3, 0.4) is 0 Å². The molecule has 0 saturated carbocycles. The molecule has 0 aromatic rings. The number of hydrogen-bond donors (Lipinski definition) is 0. The summed E-state index contributed by atoms with van der Waals surface area (Å²) >= 11 is 0. The molecule has 3 nitrogen and oxygen atoms in total. The summed E-state index contributed by atoms with van der Waals surface area (Å²) in [7, 11) is 3.90. The molecule has 0 bridgehead atoms. The highest BCUT2D eigenvalue weighted by Crippen LogP contribution is 2.09. The van der Waals surface area contributed by atoms with Crippen molar-refractivity contribution in [3.8, 4) is 0 Å². The minimum Gasteiger partial charge on any atom is -0.464 e. The van der Waals surface area contributed by atoms with E-state index in [4.69, 9.17) is 4.74 Å². The van der Waals surface area contributed by atoms with Gasteiger partial charge in [-0.25, -0.2) is 0 Å². The van der Waals surface area contributed by atoms with Crippen molar-refractivity contribution in [2.24, 2.45) is 0 Å². The Morgan fingerprint density at radius 2 is 2.33 bits per heavy atom. The van der Waals surface area contributed by atoms with Crippen molar-refractivity contribution in [1.82, 2.24) is 4.90 Å². The zero-order chi connectivity index (χ0) is 6.85. The number of cyclic esters (lactones) is 1. The van der Waals surface area contributed by atoms with Crippen LogP contribution in [-0.4, -0.2) is 37.6 Å². The summed E-state index contributed by atoms with van der Waals surface area (Å²) in [6, 6.07) is 0.303. The molecule has 1 aliphatic rings. The second-order valence-corrected chi connectivity index (χ2v) is 2.50. The molecule has 1 aliphatic heterocycles. The smallest absolute Gasteiger partial charge is 0.307 e. The number of carbonyl (C=O) groups is 1. The van der Waals surface area contributed by atoms with Crippen LogP contribution < -0.4 is 0 Å². The Morgan fingerprint density at radius 3 is 2.56 bits per heavy atom. The number of carbonyl (C=O) groups excluding carboxylic acids is 1. The lowest BCUT2D eigenvalue weighted by atomic mass is 10.2. The highest BCUT2D eigenvalue weighted by atomic mass is 16.5. The van der Waals surface area contributed by atoms with E-state index in [1.807, 2.05) is 19.0 Å². The Bertz CT molecular complexity index is 122. The number of hydrogen-bond acceptors (Lipinski definition) is 3. The highest BCUT2D eigenvalue weighted by molar-refractivity contribution is 5.72. The molecule has 0 aromatic heterocycles. The van der Waals surface area contributed by atoms with E-state index in [2.05, 4.69) is 0 Å². The molecular formula is C6H11NO2. The largest absolute Gasteiger partial charge is 0.464 e. The van der Waals surface area contributed by atoms with Gasteiger partial charge in [0.15, 0.2) is 0 Å². The van der Waals surface area contributed by atoms with E-state index in [0.717, 1.165) is 0 Å². The average molecular weight is 129 g/mol. The maximum absolute atomic E-state index is 10.5. The predicted octanol–water partition coefficient (Wildman–Crippen LogP) is -0.137. The maximum Gasteiger partial charge on any atom is 0.307 e. The first-order chi connectivity index (χ1) is 4.20. The minimum atomic E-state index is -0.0753. The van der Waals surface area contributed by atoms with Crippen LogP contribution in [0.4, 0.5) is 0 Å². The van der Waals surface area contributed by atoms with Gasteiger partial charge in [0.2, 0.25) is 0 Å². The van der Waals surface area contributed by atoms with Crippen LogP contribution in [0.25, 0.3) is 0 Å². The molecule has 1 rings (SSSR count). The van der Waals surface area contributed by atoms with E-state index in [1.54, 1.807) is 0 Å². The summed E-state index contributed by atoms with van der Waals surface area (Å²) in [5.74, 6) is -0.0753. The fraction of sp³-hybridized carbons (Fsp3) is 0.833. The Balaban J connectivity index is 2.39. The molecule has 1 heterocycles. The summed E-state index contributed by atoms with van der Waals surface area (Å²) in [5, 5.41) is 0. The molecule has 0 spiro atoms. The molecule has 9 heavy (non-hydrogen) atoms. The standard InChI is InChI=1S/C6H11NO2/c1-7(2)5-3-6(8)9-4-5/h5H,3-4H2,1-2H3. The number of likely N-dealkylation sites (N-methyl/N-ethyl adjacent to an activating group) is 1. The molecule has 0 amide bonds. The van der Waals surface area contributed by atoms with Crippen LogP contribution in [0.15, 0.2) is 0 Å². The van der Waals surface area contributed by atoms with Crippen molar-refractivity contribution < 1.29 is 9.53 Å². The second-order valence-electron chi connectivity index (χ2n) is 2.50. The second kappa shape index (κ2) is 2.35. The zero-order valence-corrected chi connectivity index (χ0v) is 5.76. The number of ether oxygens (including phenoxy) is 1. The first-order valence-corrected chi connectivity index (χ1v) is 3.02. The van der Waals surface area contributed by atoms with Crippen molar-refractivity contribution >= 4 is 5.97 Å². The molecule has 1 saturated heterocycles. The van der Waals surface area contributed by atoms with Crippen LogP contribution in [0.2, 0.25) is 0 Å². The number of rotatable bonds is 1. The van der Waals surface area contributed by atoms with E-state index in [9.17, 15) is 4.79 Å². The molecule has 52 valence electrons. The number of esters is 1. The van der Waals surface area contributed by atoms with E-state index in [0.29, 0.717) is 19.1 Å². The van der Waals surface area contributed by atoms with Crippen LogP contribution in [-0.2, 0) is 9.53 Å². The van der Waals surface area contributed by atoms with Gasteiger partial charge in [-0.3, -0.25) is 4.79 Å². The predicted molar refractivity (Wildman–Crippen MR) is 33.1 cm³/mol. The third-order valence-electron chi connectivity index (χ3n) is 1.57. The Kier molecular flexibility index (Phi) is 1.71. The molecule has 0 aliphatic carbocycles. The summed E-state index contributed by atoms with van der Waals surface area (Å²) in [6.07, 6.45) is 0.549. The van der Waals surface area contributed by atoms with Crippen molar-refractivity contribution in [1.29, 1.82) is 0 Å². The van der Waals surface area contributed by atoms with Gasteiger partial charge in [0.05, 0.1) is 12.5 Å². The molecule has 1 atom stereocenters. The van der Waals surface area contributed by atoms with Gasteiger partial charge in [0.1, 0.15) is 6.61 Å². The summed E-state index contributed by atoms with van der Waals surface area (Å²) in [5.41, 5.74) is 0. The van der Waals surface area contributed by atoms with Crippen LogP contribution in [0.5, 0.6) is 0 Å². The van der Waals surface area contributed by atoms with Gasteiger partial charge in [0.25, 0.3) is 0 Å². The van der Waals surface area contributed by atoms with E-state index in [1.165, 1.54) is 0 Å². The van der Waals surface area contributed by atoms with E-state index >= 15 is 0 Å². The molecule has 0 N–H and O–H groups in total. The van der Waals surface area contributed by atoms with Crippen LogP contribution >= 0.6 is 0 Å². The Labute approximate surface area is 54.6 Å². The lowest BCUT2D eigenvalue weighted by Crippen LogP contribution is -2.27. The number of nitrogens with zero attached hydrogens (tertiary/aromatic N) is 1. The summed E-state index contributed by atoms with van der Waals surface area (Å²) < 4.78 is 4.75. The normalized spacial score (nSPS) is 27.0. The van der Waals surface area contributed by atoms with Gasteiger partial charge in [-0.1, -0.05) is 0 Å². The fourth-order valence-electron chi connectivity index (χ4n) is 0.831. The van der Waals surface area contributed by atoms with Gasteiger partial charge in [-0.15, -0.1) is 0 Å². The summed E-state index contributed by atoms with van der Waals surface area (Å²) in [6.45, 7) is 0.561. The topological polar surface area (TPSA) is 29.5 Å². The van der Waals surface area contributed by atoms with Crippen molar-refractivity contribution in [2.75, 3.05) is 20.7 Å². The lowest BCUT2D eigenvalue weighted by Gasteiger charge is -2.14. The Morgan fingerprint density at radius 1 is 1.67 bits per heavy atom. The lowest BCUT2D eigenvalue weighted by molar-refractivity contribution is -0.137. The van der Waals surface area contributed by atoms with Crippen molar-refractivity contribution in [3.05, 3.63) is 0 Å². The zero-order valence-electron chi connectivity index (χ0n) is 5.76. The molecular weight excluding hydrogens is 118 g/mol. The highest BCUT2D eigenvalue weighted by Gasteiger charge is 2.24. The minimum absolute atomic E-state index is 0.0753. The molecule has 1 unspecified atom stereocenters. The van der Waals surface area contributed by atoms with Gasteiger partial charge in [-0.2, -0.15) is 0 Å². The maximum atomic E-state index is 10.5. The van der Waals surface area contributed by atoms with E-state index < -0.39 is 0 Å². The average Bonchev–Trinajstić information content (AvgIpc) is 2.14. The first-order valence-electron chi connectivity index (χ1n) is 3.02. The van der Waals surface area contributed by atoms with Gasteiger partial charge >= 0.3 is 5.97 Å².